The van der Waals surface area contributed by atoms with E-state index in [1.165, 1.54) is 7.05 Å². The van der Waals surface area contributed by atoms with Crippen molar-refractivity contribution < 1.29 is 9.66 Å². The summed E-state index contributed by atoms with van der Waals surface area (Å²) in [5.74, 6) is 5.33. The van der Waals surface area contributed by atoms with Crippen molar-refractivity contribution in [3.05, 3.63) is 16.4 Å². The van der Waals surface area contributed by atoms with Crippen molar-refractivity contribution in [2.45, 2.75) is 6.92 Å². The fraction of sp³-hybridized carbons (Fsp3) is 0.429. The summed E-state index contributed by atoms with van der Waals surface area (Å²) in [7, 11) is 1.45. The van der Waals surface area contributed by atoms with E-state index in [0.717, 1.165) is 11.3 Å². The second kappa shape index (κ2) is 4.51. The molecule has 0 saturated carbocycles. The van der Waals surface area contributed by atoms with Gasteiger partial charge in [0.05, 0.1) is 11.5 Å². The van der Waals surface area contributed by atoms with Gasteiger partial charge in [-0.3, -0.25) is 15.1 Å². The van der Waals surface area contributed by atoms with Crippen LogP contribution in [-0.4, -0.2) is 28.5 Å². The van der Waals surface area contributed by atoms with Gasteiger partial charge in [0.1, 0.15) is 6.33 Å². The third-order valence-electron chi connectivity index (χ3n) is 1.57. The van der Waals surface area contributed by atoms with E-state index in [9.17, 15) is 10.1 Å². The molecule has 0 aliphatic heterocycles. The molecule has 1 aromatic rings. The van der Waals surface area contributed by atoms with Crippen LogP contribution < -0.4 is 15.6 Å². The molecule has 0 bridgehead atoms. The maximum atomic E-state index is 10.8. The topological polar surface area (TPSA) is 107 Å². The lowest BCUT2D eigenvalue weighted by atomic mass is 10.4. The number of aromatic nitrogens is 2. The van der Waals surface area contributed by atoms with E-state index in [0.29, 0.717) is 0 Å². The lowest BCUT2D eigenvalue weighted by Crippen LogP contribution is -2.27. The smallest absolute Gasteiger partial charge is 0.374 e. The van der Waals surface area contributed by atoms with Crippen LogP contribution in [0.5, 0.6) is 5.88 Å². The van der Waals surface area contributed by atoms with Gasteiger partial charge in [0.2, 0.25) is 5.82 Å². The predicted octanol–water partition coefficient (Wildman–Crippen LogP) is 0.0934. The first-order valence-electron chi connectivity index (χ1n) is 4.18. The average molecular weight is 213 g/mol. The number of hydrogen-bond acceptors (Lipinski definition) is 7. The molecular weight excluding hydrogens is 202 g/mol. The number of nitrogens with two attached hydrogens (primary N) is 1. The number of nitro groups is 1. The zero-order valence-corrected chi connectivity index (χ0v) is 8.38. The van der Waals surface area contributed by atoms with E-state index in [1.807, 2.05) is 0 Å². The summed E-state index contributed by atoms with van der Waals surface area (Å²) in [6.45, 7) is 1.99. The monoisotopic (exact) mass is 213 g/mol. The molecule has 0 aliphatic carbocycles. The van der Waals surface area contributed by atoms with Gasteiger partial charge in [0.15, 0.2) is 0 Å². The van der Waals surface area contributed by atoms with Crippen LogP contribution in [0.15, 0.2) is 6.33 Å². The Morgan fingerprint density at radius 1 is 1.67 bits per heavy atom. The first kappa shape index (κ1) is 11.1. The number of nitrogens with zero attached hydrogens (tertiary/aromatic N) is 4. The lowest BCUT2D eigenvalue weighted by Gasteiger charge is -2.11. The molecule has 0 aliphatic rings. The van der Waals surface area contributed by atoms with E-state index >= 15 is 0 Å². The Hall–Kier alpha value is -1.96. The average Bonchev–Trinajstić information content (AvgIpc) is 2.17. The van der Waals surface area contributed by atoms with Crippen LogP contribution in [0, 0.1) is 10.1 Å². The van der Waals surface area contributed by atoms with Gasteiger partial charge in [-0.15, -0.1) is 0 Å². The van der Waals surface area contributed by atoms with Crippen molar-refractivity contribution in [1.82, 2.24) is 9.97 Å². The molecule has 0 saturated heterocycles. The molecule has 1 heterocycles. The SMILES string of the molecule is CCOc1ncnc(N(C)N)c1[N+](=O)[O-]. The van der Waals surface area contributed by atoms with Gasteiger partial charge in [0.25, 0.3) is 5.88 Å². The van der Waals surface area contributed by atoms with E-state index in [4.69, 9.17) is 10.6 Å². The number of anilines is 1. The van der Waals surface area contributed by atoms with Gasteiger partial charge in [-0.05, 0) is 6.92 Å². The second-order valence-corrected chi connectivity index (χ2v) is 2.65. The summed E-state index contributed by atoms with van der Waals surface area (Å²) in [4.78, 5) is 17.5. The van der Waals surface area contributed by atoms with Crippen molar-refractivity contribution in [1.29, 1.82) is 0 Å². The standard InChI is InChI=1S/C7H11N5O3/c1-3-15-7-5(12(13)14)6(11(2)8)9-4-10-7/h4H,3,8H2,1-2H3. The molecule has 1 rings (SSSR count). The highest BCUT2D eigenvalue weighted by Gasteiger charge is 2.25. The Morgan fingerprint density at radius 3 is 2.80 bits per heavy atom. The maximum Gasteiger partial charge on any atom is 0.374 e. The summed E-state index contributed by atoms with van der Waals surface area (Å²) in [6.07, 6.45) is 1.16. The minimum absolute atomic E-state index is 0.0125. The molecule has 15 heavy (non-hydrogen) atoms. The van der Waals surface area contributed by atoms with Gasteiger partial charge in [-0.1, -0.05) is 0 Å². The summed E-state index contributed by atoms with van der Waals surface area (Å²) < 4.78 is 5.01. The molecule has 0 spiro atoms. The highest BCUT2D eigenvalue weighted by atomic mass is 16.6. The third kappa shape index (κ3) is 2.29. The van der Waals surface area contributed by atoms with Crippen molar-refractivity contribution >= 4 is 11.5 Å². The van der Waals surface area contributed by atoms with Crippen LogP contribution in [0.25, 0.3) is 0 Å². The van der Waals surface area contributed by atoms with Crippen LogP contribution in [0.2, 0.25) is 0 Å². The van der Waals surface area contributed by atoms with Gasteiger partial charge < -0.3 is 4.74 Å². The number of ether oxygens (including phenoxy) is 1. The molecule has 8 heteroatoms. The lowest BCUT2D eigenvalue weighted by molar-refractivity contribution is -0.385. The van der Waals surface area contributed by atoms with Crippen molar-refractivity contribution in [2.24, 2.45) is 5.84 Å². The summed E-state index contributed by atoms with van der Waals surface area (Å²) in [5, 5.41) is 11.8. The molecule has 0 aromatic carbocycles. The number of hydrazine groups is 1. The molecule has 0 atom stereocenters. The highest BCUT2D eigenvalue weighted by Crippen LogP contribution is 2.31. The summed E-state index contributed by atoms with van der Waals surface area (Å²) in [6, 6.07) is 0. The maximum absolute atomic E-state index is 10.8. The first-order valence-corrected chi connectivity index (χ1v) is 4.18. The van der Waals surface area contributed by atoms with E-state index in [-0.39, 0.29) is 24.0 Å². The predicted molar refractivity (Wildman–Crippen MR) is 52.4 cm³/mol. The summed E-state index contributed by atoms with van der Waals surface area (Å²) in [5.41, 5.74) is -0.329. The van der Waals surface area contributed by atoms with Crippen molar-refractivity contribution in [3.63, 3.8) is 0 Å². The van der Waals surface area contributed by atoms with Crippen LogP contribution in [0.4, 0.5) is 11.5 Å². The molecular formula is C7H11N5O3. The minimum atomic E-state index is -0.621. The Morgan fingerprint density at radius 2 is 2.33 bits per heavy atom. The van der Waals surface area contributed by atoms with Crippen LogP contribution in [0.1, 0.15) is 6.92 Å². The summed E-state index contributed by atoms with van der Waals surface area (Å²) >= 11 is 0. The molecule has 0 fully saturated rings. The zero-order valence-electron chi connectivity index (χ0n) is 8.38. The van der Waals surface area contributed by atoms with E-state index in [1.54, 1.807) is 6.92 Å². The fourth-order valence-electron chi connectivity index (χ4n) is 1.01. The third-order valence-corrected chi connectivity index (χ3v) is 1.57. The Balaban J connectivity index is 3.28. The van der Waals surface area contributed by atoms with Gasteiger partial charge in [0, 0.05) is 7.05 Å². The molecule has 0 unspecified atom stereocenters. The van der Waals surface area contributed by atoms with Gasteiger partial charge >= 0.3 is 5.69 Å². The molecule has 1 aromatic heterocycles. The molecule has 8 nitrogen and oxygen atoms in total. The van der Waals surface area contributed by atoms with Crippen LogP contribution in [-0.2, 0) is 0 Å². The second-order valence-electron chi connectivity index (χ2n) is 2.65. The van der Waals surface area contributed by atoms with Crippen LogP contribution in [0.3, 0.4) is 0 Å². The zero-order chi connectivity index (χ0) is 11.4. The van der Waals surface area contributed by atoms with E-state index < -0.39 is 4.92 Å². The highest BCUT2D eigenvalue weighted by molar-refractivity contribution is 5.61. The fourth-order valence-corrected chi connectivity index (χ4v) is 1.01. The number of hydrogen-bond donors (Lipinski definition) is 1. The Labute approximate surface area is 85.8 Å². The number of rotatable bonds is 4. The molecule has 0 amide bonds. The quantitative estimate of drug-likeness (QED) is 0.429. The largest absolute Gasteiger partial charge is 0.473 e. The minimum Gasteiger partial charge on any atom is -0.473 e. The van der Waals surface area contributed by atoms with Crippen LogP contribution >= 0.6 is 0 Å². The van der Waals surface area contributed by atoms with Crippen molar-refractivity contribution in [3.8, 4) is 5.88 Å². The molecule has 0 radical (unpaired) electrons. The van der Waals surface area contributed by atoms with Crippen molar-refractivity contribution in [2.75, 3.05) is 18.7 Å². The van der Waals surface area contributed by atoms with E-state index in [2.05, 4.69) is 9.97 Å². The molecule has 82 valence electrons. The Bertz CT molecular complexity index is 368. The van der Waals surface area contributed by atoms with Gasteiger partial charge in [-0.25, -0.2) is 10.8 Å². The van der Waals surface area contributed by atoms with Gasteiger partial charge in [-0.2, -0.15) is 4.98 Å². The normalized spacial score (nSPS) is 9.80. The molecule has 2 N–H and O–H groups in total. The first-order chi connectivity index (χ1) is 7.07. The Kier molecular flexibility index (Phi) is 3.34.